The predicted octanol–water partition coefficient (Wildman–Crippen LogP) is 2.69. The van der Waals surface area contributed by atoms with Crippen molar-refractivity contribution in [2.75, 3.05) is 7.11 Å². The van der Waals surface area contributed by atoms with Crippen LogP contribution < -0.4 is 9.47 Å². The Morgan fingerprint density at radius 1 is 1.05 bits per heavy atom. The Balaban J connectivity index is 2.11. The summed E-state index contributed by atoms with van der Waals surface area (Å²) < 4.78 is 6.00. The molecule has 0 aliphatic heterocycles. The van der Waals surface area contributed by atoms with Crippen LogP contribution in [0, 0.1) is 5.21 Å². The van der Waals surface area contributed by atoms with Gasteiger partial charge in [0.05, 0.1) is 23.6 Å². The zero-order valence-corrected chi connectivity index (χ0v) is 11.3. The molecular formula is C17H11NO3. The van der Waals surface area contributed by atoms with Crippen LogP contribution in [0.1, 0.15) is 15.9 Å². The Bertz CT molecular complexity index is 915. The van der Waals surface area contributed by atoms with Crippen LogP contribution in [0.3, 0.4) is 0 Å². The second kappa shape index (κ2) is 4.06. The van der Waals surface area contributed by atoms with Crippen LogP contribution in [-0.4, -0.2) is 12.9 Å². The van der Waals surface area contributed by atoms with E-state index in [2.05, 4.69) is 0 Å². The highest BCUT2D eigenvalue weighted by molar-refractivity contribution is 6.26. The quantitative estimate of drug-likeness (QED) is 0.397. The fourth-order valence-electron chi connectivity index (χ4n) is 2.93. The molecule has 4 heteroatoms. The van der Waals surface area contributed by atoms with Gasteiger partial charge in [-0.3, -0.25) is 4.79 Å². The first kappa shape index (κ1) is 11.9. The lowest BCUT2D eigenvalue weighted by Gasteiger charge is -2.06. The molecule has 102 valence electrons. The summed E-state index contributed by atoms with van der Waals surface area (Å²) in [6.45, 7) is 0. The van der Waals surface area contributed by atoms with Gasteiger partial charge in [-0.25, -0.2) is 0 Å². The molecule has 21 heavy (non-hydrogen) atoms. The number of hydrogen-bond donors (Lipinski definition) is 0. The number of hydrogen-bond acceptors (Lipinski definition) is 3. The highest BCUT2D eigenvalue weighted by Crippen LogP contribution is 2.40. The molecule has 0 N–H and O–H groups in total. The van der Waals surface area contributed by atoms with Crippen molar-refractivity contribution in [1.29, 1.82) is 0 Å². The first-order valence-corrected chi connectivity index (χ1v) is 6.58. The van der Waals surface area contributed by atoms with Crippen LogP contribution in [0.15, 0.2) is 48.7 Å². The van der Waals surface area contributed by atoms with Crippen molar-refractivity contribution in [1.82, 2.24) is 0 Å². The topological polar surface area (TPSA) is 53.2 Å². The van der Waals surface area contributed by atoms with Gasteiger partial charge in [-0.05, 0) is 29.8 Å². The fourth-order valence-corrected chi connectivity index (χ4v) is 2.93. The Kier molecular flexibility index (Phi) is 2.30. The molecule has 4 rings (SSSR count). The lowest BCUT2D eigenvalue weighted by molar-refractivity contribution is -0.576. The predicted molar refractivity (Wildman–Crippen MR) is 78.3 cm³/mol. The third-order valence-corrected chi connectivity index (χ3v) is 3.92. The monoisotopic (exact) mass is 277 g/mol. The third-order valence-electron chi connectivity index (χ3n) is 3.92. The molecule has 2 aromatic carbocycles. The molecule has 4 nitrogen and oxygen atoms in total. The van der Waals surface area contributed by atoms with Gasteiger partial charge in [0.1, 0.15) is 5.75 Å². The number of nitrogens with zero attached hydrogens (tertiary/aromatic N) is 1. The number of aromatic nitrogens is 1. The minimum atomic E-state index is -0.0595. The van der Waals surface area contributed by atoms with Gasteiger partial charge >= 0.3 is 0 Å². The van der Waals surface area contributed by atoms with Gasteiger partial charge in [0.25, 0.3) is 0 Å². The van der Waals surface area contributed by atoms with E-state index >= 15 is 0 Å². The maximum Gasteiger partial charge on any atom is 0.224 e. The normalized spacial score (nSPS) is 12.3. The zero-order valence-electron chi connectivity index (χ0n) is 11.3. The molecule has 0 fully saturated rings. The Morgan fingerprint density at radius 2 is 1.86 bits per heavy atom. The average Bonchev–Trinajstić information content (AvgIpc) is 2.80. The molecule has 0 spiro atoms. The summed E-state index contributed by atoms with van der Waals surface area (Å²) in [5.41, 5.74) is 3.16. The van der Waals surface area contributed by atoms with Crippen LogP contribution in [0.2, 0.25) is 0 Å². The van der Waals surface area contributed by atoms with Crippen molar-refractivity contribution in [3.63, 3.8) is 0 Å². The molecule has 0 atom stereocenters. The van der Waals surface area contributed by atoms with E-state index in [0.717, 1.165) is 10.3 Å². The van der Waals surface area contributed by atoms with Gasteiger partial charge in [0, 0.05) is 11.6 Å². The second-order valence-corrected chi connectivity index (χ2v) is 5.00. The summed E-state index contributed by atoms with van der Waals surface area (Å²) in [5.74, 6) is 0.574. The van der Waals surface area contributed by atoms with Crippen molar-refractivity contribution in [3.8, 4) is 16.9 Å². The highest BCUT2D eigenvalue weighted by Gasteiger charge is 2.32. The summed E-state index contributed by atoms with van der Waals surface area (Å²) in [7, 11) is 1.56. The molecule has 0 saturated carbocycles. The molecule has 0 bridgehead atoms. The fraction of sp³-hybridized carbons (Fsp3) is 0.0588. The number of rotatable bonds is 1. The van der Waals surface area contributed by atoms with Crippen molar-refractivity contribution in [2.45, 2.75) is 0 Å². The molecule has 1 aromatic heterocycles. The van der Waals surface area contributed by atoms with E-state index in [1.807, 2.05) is 18.2 Å². The summed E-state index contributed by atoms with van der Waals surface area (Å²) in [6.07, 6.45) is 1.48. The Morgan fingerprint density at radius 3 is 2.67 bits per heavy atom. The third kappa shape index (κ3) is 1.50. The Hall–Kier alpha value is -2.88. The van der Waals surface area contributed by atoms with Gasteiger partial charge in [-0.2, -0.15) is 4.73 Å². The maximum atomic E-state index is 12.7. The van der Waals surface area contributed by atoms with Crippen molar-refractivity contribution in [2.24, 2.45) is 0 Å². The number of benzene rings is 2. The molecular weight excluding hydrogens is 266 g/mol. The number of fused-ring (bicyclic) bond motifs is 5. The summed E-state index contributed by atoms with van der Waals surface area (Å²) >= 11 is 0. The number of carbonyl (C=O) groups is 1. The lowest BCUT2D eigenvalue weighted by atomic mass is 10.0. The summed E-state index contributed by atoms with van der Waals surface area (Å²) in [4.78, 5) is 12.7. The first-order chi connectivity index (χ1) is 10.2. The zero-order chi connectivity index (χ0) is 14.6. The number of para-hydroxylation sites is 1. The minimum absolute atomic E-state index is 0.0595. The number of ketones is 1. The second-order valence-electron chi connectivity index (χ2n) is 5.00. The summed E-state index contributed by atoms with van der Waals surface area (Å²) in [6, 6.07) is 12.5. The van der Waals surface area contributed by atoms with Crippen molar-refractivity contribution < 1.29 is 14.3 Å². The van der Waals surface area contributed by atoms with Crippen molar-refractivity contribution in [3.05, 3.63) is 65.0 Å². The lowest BCUT2D eigenvalue weighted by Crippen LogP contribution is -2.27. The van der Waals surface area contributed by atoms with E-state index in [1.165, 1.54) is 6.20 Å². The number of carbonyl (C=O) groups excluding carboxylic acids is 1. The molecule has 1 heterocycles. The molecule has 1 aliphatic rings. The molecule has 3 aromatic rings. The van der Waals surface area contributed by atoms with Gasteiger partial charge in [-0.15, -0.1) is 0 Å². The van der Waals surface area contributed by atoms with E-state index in [1.54, 1.807) is 31.4 Å². The van der Waals surface area contributed by atoms with Crippen LogP contribution in [0.5, 0.6) is 5.75 Å². The molecule has 1 aliphatic carbocycles. The smallest absolute Gasteiger partial charge is 0.224 e. The molecule has 0 radical (unpaired) electrons. The number of pyridine rings is 1. The highest BCUT2D eigenvalue weighted by atomic mass is 16.5. The number of methoxy groups -OCH3 is 1. The van der Waals surface area contributed by atoms with Crippen LogP contribution >= 0.6 is 0 Å². The van der Waals surface area contributed by atoms with E-state index in [0.29, 0.717) is 33.3 Å². The maximum absolute atomic E-state index is 12.7. The molecule has 0 unspecified atom stereocenters. The van der Waals surface area contributed by atoms with Crippen molar-refractivity contribution >= 4 is 16.7 Å². The average molecular weight is 277 g/mol. The van der Waals surface area contributed by atoms with Gasteiger partial charge < -0.3 is 9.94 Å². The van der Waals surface area contributed by atoms with E-state index in [4.69, 9.17) is 4.74 Å². The van der Waals surface area contributed by atoms with Crippen LogP contribution in [0.4, 0.5) is 0 Å². The van der Waals surface area contributed by atoms with E-state index < -0.39 is 0 Å². The standard InChI is InChI=1S/C17H11NO3/c1-21-10-6-7-11-13(8-10)17(19)16-12-4-2-3-5-15(12)18(20)9-14(11)16/h2-9H,1H3. The largest absolute Gasteiger partial charge is 0.618 e. The van der Waals surface area contributed by atoms with Crippen LogP contribution in [0.25, 0.3) is 22.0 Å². The van der Waals surface area contributed by atoms with Gasteiger partial charge in [-0.1, -0.05) is 12.1 Å². The van der Waals surface area contributed by atoms with E-state index in [-0.39, 0.29) is 5.78 Å². The SMILES string of the molecule is COc1ccc2c(c1)C(=O)c1c-2c[n+]([O-])c2ccccc12. The van der Waals surface area contributed by atoms with Crippen LogP contribution in [-0.2, 0) is 0 Å². The van der Waals surface area contributed by atoms with E-state index in [9.17, 15) is 10.0 Å². The summed E-state index contributed by atoms with van der Waals surface area (Å²) in [5, 5.41) is 12.8. The van der Waals surface area contributed by atoms with Gasteiger partial charge in [0.15, 0.2) is 12.0 Å². The number of ether oxygens (including phenoxy) is 1. The molecule has 0 saturated heterocycles. The first-order valence-electron chi connectivity index (χ1n) is 6.58. The van der Waals surface area contributed by atoms with Gasteiger partial charge in [0.2, 0.25) is 5.52 Å². The minimum Gasteiger partial charge on any atom is -0.618 e. The Labute approximate surface area is 120 Å². The molecule has 0 amide bonds.